The maximum atomic E-state index is 12.6. The number of hydrogen-bond acceptors (Lipinski definition) is 2. The smallest absolute Gasteiger partial charge is 0.254 e. The van der Waals surface area contributed by atoms with E-state index in [9.17, 15) is 9.59 Å². The Balaban J connectivity index is 2.41. The van der Waals surface area contributed by atoms with Crippen molar-refractivity contribution < 1.29 is 9.59 Å². The van der Waals surface area contributed by atoms with Crippen molar-refractivity contribution in [1.82, 2.24) is 5.32 Å². The van der Waals surface area contributed by atoms with Crippen LogP contribution in [-0.2, 0) is 9.59 Å². The van der Waals surface area contributed by atoms with Crippen LogP contribution in [0.2, 0.25) is 10.0 Å². The number of halogens is 2. The minimum atomic E-state index is -0.745. The third-order valence-corrected chi connectivity index (χ3v) is 4.15. The lowest BCUT2D eigenvalue weighted by Crippen LogP contribution is -2.37. The second-order valence-electron chi connectivity index (χ2n) is 5.12. The van der Waals surface area contributed by atoms with Crippen LogP contribution in [0.1, 0.15) is 44.7 Å². The number of nitrogens with one attached hydrogen (secondary N) is 1. The van der Waals surface area contributed by atoms with Crippen molar-refractivity contribution in [2.24, 2.45) is 0 Å². The van der Waals surface area contributed by atoms with Gasteiger partial charge in [-0.15, -0.1) is 0 Å². The maximum Gasteiger partial charge on any atom is 0.254 e. The zero-order valence-corrected chi connectivity index (χ0v) is 13.6. The predicted molar refractivity (Wildman–Crippen MR) is 84.9 cm³/mol. The molecule has 1 aromatic rings. The first-order valence-electron chi connectivity index (χ1n) is 7.03. The molecule has 1 atom stereocenters. The van der Waals surface area contributed by atoms with Crippen molar-refractivity contribution in [3.05, 3.63) is 27.7 Å². The van der Waals surface area contributed by atoms with E-state index < -0.39 is 6.04 Å². The van der Waals surface area contributed by atoms with Gasteiger partial charge >= 0.3 is 0 Å². The lowest BCUT2D eigenvalue weighted by atomic mass is 10.1. The zero-order chi connectivity index (χ0) is 15.6. The third-order valence-electron chi connectivity index (χ3n) is 3.52. The summed E-state index contributed by atoms with van der Waals surface area (Å²) in [5.41, 5.74) is 1.23. The van der Waals surface area contributed by atoms with Crippen molar-refractivity contribution in [3.8, 4) is 0 Å². The Bertz CT molecular complexity index is 575. The van der Waals surface area contributed by atoms with E-state index in [1.807, 2.05) is 0 Å². The van der Waals surface area contributed by atoms with Crippen LogP contribution in [0.3, 0.4) is 0 Å². The standard InChI is InChI=1S/C15H18Cl2N2O2/c1-3-4-5-8-19-14-11(17)7-6-10(16)12(14)13(15(19)21)18-9(2)20/h6-7,13H,3-5,8H2,1-2H3,(H,18,20)/t13-/m0/s1. The van der Waals surface area contributed by atoms with Crippen LogP contribution in [0.5, 0.6) is 0 Å². The molecule has 1 aliphatic heterocycles. The van der Waals surface area contributed by atoms with Crippen molar-refractivity contribution >= 4 is 40.7 Å². The highest BCUT2D eigenvalue weighted by atomic mass is 35.5. The van der Waals surface area contributed by atoms with Crippen LogP contribution < -0.4 is 10.2 Å². The van der Waals surface area contributed by atoms with E-state index in [1.54, 1.807) is 17.0 Å². The number of carbonyl (C=O) groups is 2. The Kier molecular flexibility index (Phi) is 5.12. The predicted octanol–water partition coefficient (Wildman–Crippen LogP) is 3.71. The largest absolute Gasteiger partial charge is 0.341 e. The summed E-state index contributed by atoms with van der Waals surface area (Å²) in [6.45, 7) is 4.06. The second kappa shape index (κ2) is 6.67. The van der Waals surface area contributed by atoms with Gasteiger partial charge in [-0.3, -0.25) is 9.59 Å². The molecule has 0 saturated heterocycles. The van der Waals surface area contributed by atoms with Gasteiger partial charge < -0.3 is 10.2 Å². The van der Waals surface area contributed by atoms with E-state index in [1.165, 1.54) is 6.92 Å². The Labute approximate surface area is 134 Å². The first-order chi connectivity index (χ1) is 9.97. The van der Waals surface area contributed by atoms with Crippen molar-refractivity contribution in [1.29, 1.82) is 0 Å². The third kappa shape index (κ3) is 3.16. The summed E-state index contributed by atoms with van der Waals surface area (Å²) in [5.74, 6) is -0.447. The summed E-state index contributed by atoms with van der Waals surface area (Å²) in [6.07, 6.45) is 2.98. The highest BCUT2D eigenvalue weighted by molar-refractivity contribution is 6.38. The lowest BCUT2D eigenvalue weighted by Gasteiger charge is -2.18. The Morgan fingerprint density at radius 1 is 1.29 bits per heavy atom. The zero-order valence-electron chi connectivity index (χ0n) is 12.1. The first-order valence-corrected chi connectivity index (χ1v) is 7.79. The topological polar surface area (TPSA) is 49.4 Å². The van der Waals surface area contributed by atoms with E-state index in [4.69, 9.17) is 23.2 Å². The number of anilines is 1. The number of fused-ring (bicyclic) bond motifs is 1. The first kappa shape index (κ1) is 16.1. The fourth-order valence-electron chi connectivity index (χ4n) is 2.57. The summed E-state index contributed by atoms with van der Waals surface area (Å²) < 4.78 is 0. The molecule has 1 N–H and O–H groups in total. The van der Waals surface area contributed by atoms with Gasteiger partial charge in [0.2, 0.25) is 5.91 Å². The summed E-state index contributed by atoms with van der Waals surface area (Å²) in [7, 11) is 0. The highest BCUT2D eigenvalue weighted by Gasteiger charge is 2.40. The van der Waals surface area contributed by atoms with Crippen molar-refractivity contribution in [2.45, 2.75) is 39.2 Å². The molecule has 0 spiro atoms. The van der Waals surface area contributed by atoms with Crippen LogP contribution in [0.15, 0.2) is 12.1 Å². The van der Waals surface area contributed by atoms with Crippen LogP contribution in [-0.4, -0.2) is 18.4 Å². The molecule has 1 aromatic carbocycles. The molecule has 2 rings (SSSR count). The van der Waals surface area contributed by atoms with Gasteiger partial charge in [0.05, 0.1) is 10.7 Å². The monoisotopic (exact) mass is 328 g/mol. The molecule has 0 aliphatic carbocycles. The van der Waals surface area contributed by atoms with Crippen molar-refractivity contribution in [3.63, 3.8) is 0 Å². The summed E-state index contributed by atoms with van der Waals surface area (Å²) >= 11 is 12.5. The molecule has 2 amide bonds. The Hall–Kier alpha value is -1.26. The molecule has 1 heterocycles. The van der Waals surface area contributed by atoms with Crippen LogP contribution in [0.4, 0.5) is 5.69 Å². The summed E-state index contributed by atoms with van der Waals surface area (Å²) in [5, 5.41) is 3.59. The minimum Gasteiger partial charge on any atom is -0.341 e. The molecule has 114 valence electrons. The second-order valence-corrected chi connectivity index (χ2v) is 5.94. The average molecular weight is 329 g/mol. The van der Waals surface area contributed by atoms with Gasteiger partial charge in [0.1, 0.15) is 6.04 Å². The molecular weight excluding hydrogens is 311 g/mol. The molecule has 0 aromatic heterocycles. The Morgan fingerprint density at radius 3 is 2.57 bits per heavy atom. The van der Waals surface area contributed by atoms with Crippen LogP contribution in [0, 0.1) is 0 Å². The fraction of sp³-hybridized carbons (Fsp3) is 0.467. The van der Waals surface area contributed by atoms with Crippen LogP contribution >= 0.6 is 23.2 Å². The number of carbonyl (C=O) groups excluding carboxylic acids is 2. The lowest BCUT2D eigenvalue weighted by molar-refractivity contribution is -0.126. The fourth-order valence-corrected chi connectivity index (χ4v) is 3.10. The van der Waals surface area contributed by atoms with Gasteiger partial charge in [-0.05, 0) is 18.6 Å². The Morgan fingerprint density at radius 2 is 1.95 bits per heavy atom. The molecule has 0 unspecified atom stereocenters. The summed E-state index contributed by atoms with van der Waals surface area (Å²) in [6, 6.07) is 2.59. The molecule has 0 radical (unpaired) electrons. The van der Waals surface area contributed by atoms with Gasteiger partial charge in [0.25, 0.3) is 5.91 Å². The van der Waals surface area contributed by atoms with Gasteiger partial charge in [0, 0.05) is 24.1 Å². The van der Waals surface area contributed by atoms with Crippen LogP contribution in [0.25, 0.3) is 0 Å². The van der Waals surface area contributed by atoms with E-state index in [0.29, 0.717) is 27.8 Å². The maximum absolute atomic E-state index is 12.6. The SMILES string of the molecule is CCCCCN1C(=O)[C@@H](NC(C)=O)c2c(Cl)ccc(Cl)c21. The number of rotatable bonds is 5. The summed E-state index contributed by atoms with van der Waals surface area (Å²) in [4.78, 5) is 25.6. The molecule has 1 aliphatic rings. The van der Waals surface area contributed by atoms with Gasteiger partial charge in [-0.25, -0.2) is 0 Å². The number of amides is 2. The molecule has 21 heavy (non-hydrogen) atoms. The van der Waals surface area contributed by atoms with Gasteiger partial charge in [-0.1, -0.05) is 43.0 Å². The number of nitrogens with zero attached hydrogens (tertiary/aromatic N) is 1. The van der Waals surface area contributed by atoms with Crippen molar-refractivity contribution in [2.75, 3.05) is 11.4 Å². The van der Waals surface area contributed by atoms with E-state index in [-0.39, 0.29) is 11.8 Å². The van der Waals surface area contributed by atoms with E-state index in [0.717, 1.165) is 19.3 Å². The molecule has 0 bridgehead atoms. The minimum absolute atomic E-state index is 0.175. The number of unbranched alkanes of at least 4 members (excludes halogenated alkanes) is 2. The quantitative estimate of drug-likeness (QED) is 0.837. The molecule has 0 fully saturated rings. The molecule has 6 heteroatoms. The van der Waals surface area contributed by atoms with E-state index in [2.05, 4.69) is 12.2 Å². The van der Waals surface area contributed by atoms with E-state index >= 15 is 0 Å². The van der Waals surface area contributed by atoms with Gasteiger partial charge in [-0.2, -0.15) is 0 Å². The number of hydrogen-bond donors (Lipinski definition) is 1. The normalized spacial score (nSPS) is 17.0. The number of benzene rings is 1. The molecule has 4 nitrogen and oxygen atoms in total. The van der Waals surface area contributed by atoms with Gasteiger partial charge in [0.15, 0.2) is 0 Å². The molecule has 0 saturated carbocycles. The molecular formula is C15H18Cl2N2O2. The average Bonchev–Trinajstić information content (AvgIpc) is 2.69. The highest BCUT2D eigenvalue weighted by Crippen LogP contribution is 2.44.